The molecule has 1 aromatic heterocycles. The van der Waals surface area contributed by atoms with Crippen molar-refractivity contribution in [2.45, 2.75) is 51.9 Å². The molecule has 0 saturated carbocycles. The summed E-state index contributed by atoms with van der Waals surface area (Å²) in [5.41, 5.74) is 2.80. The van der Waals surface area contributed by atoms with E-state index < -0.39 is 6.04 Å². The lowest BCUT2D eigenvalue weighted by atomic mass is 9.95. The van der Waals surface area contributed by atoms with E-state index in [2.05, 4.69) is 22.5 Å². The Morgan fingerprint density at radius 1 is 1.17 bits per heavy atom. The first kappa shape index (κ1) is 24.7. The fourth-order valence-electron chi connectivity index (χ4n) is 3.97. The maximum absolute atomic E-state index is 13.7. The fraction of sp³-hybridized carbons (Fsp3) is 0.346. The molecule has 1 unspecified atom stereocenters. The van der Waals surface area contributed by atoms with E-state index in [-0.39, 0.29) is 12.0 Å². The summed E-state index contributed by atoms with van der Waals surface area (Å²) in [6, 6.07) is 14.8. The molecule has 184 valence electrons. The first-order chi connectivity index (χ1) is 16.9. The summed E-state index contributed by atoms with van der Waals surface area (Å²) in [6.07, 6.45) is 0.0733. The van der Waals surface area contributed by atoms with E-state index in [0.29, 0.717) is 34.7 Å². The minimum atomic E-state index is -0.461. The number of anilines is 2. The van der Waals surface area contributed by atoms with Gasteiger partial charge in [-0.25, -0.2) is 4.68 Å². The van der Waals surface area contributed by atoms with Gasteiger partial charge < -0.3 is 20.1 Å². The lowest BCUT2D eigenvalue weighted by molar-refractivity contribution is -0.113. The van der Waals surface area contributed by atoms with Crippen LogP contribution in [0.3, 0.4) is 0 Å². The zero-order valence-electron chi connectivity index (χ0n) is 20.7. The molecule has 2 aromatic carbocycles. The average Bonchev–Trinajstić information content (AvgIpc) is 3.22. The minimum absolute atomic E-state index is 0.0733. The van der Waals surface area contributed by atoms with Gasteiger partial charge in [-0.3, -0.25) is 4.79 Å². The molecule has 0 aliphatic carbocycles. The molecular weight excluding hydrogens is 462 g/mol. The van der Waals surface area contributed by atoms with Crippen molar-refractivity contribution in [1.29, 1.82) is 0 Å². The van der Waals surface area contributed by atoms with Gasteiger partial charge in [0.2, 0.25) is 11.1 Å². The number of hydrogen-bond donors (Lipinski definition) is 2. The number of carbonyl (C=O) groups is 1. The first-order valence-corrected chi connectivity index (χ1v) is 12.8. The van der Waals surface area contributed by atoms with Gasteiger partial charge in [-0.05, 0) is 63.3 Å². The first-order valence-electron chi connectivity index (χ1n) is 11.8. The maximum Gasteiger partial charge on any atom is 0.255 e. The molecule has 2 heterocycles. The lowest BCUT2D eigenvalue weighted by Gasteiger charge is -2.29. The van der Waals surface area contributed by atoms with Crippen LogP contribution < -0.4 is 20.1 Å². The molecule has 0 fully saturated rings. The Morgan fingerprint density at radius 2 is 1.91 bits per heavy atom. The number of nitrogens with zero attached hydrogens (tertiary/aromatic N) is 3. The topological polar surface area (TPSA) is 90.3 Å². The highest BCUT2D eigenvalue weighted by Gasteiger charge is 2.34. The smallest absolute Gasteiger partial charge is 0.255 e. The molecule has 1 amide bonds. The molecule has 2 N–H and O–H groups in total. The van der Waals surface area contributed by atoms with Crippen molar-refractivity contribution in [3.63, 3.8) is 0 Å². The molecule has 1 atom stereocenters. The van der Waals surface area contributed by atoms with Crippen molar-refractivity contribution in [3.8, 4) is 11.5 Å². The second-order valence-corrected chi connectivity index (χ2v) is 9.51. The molecule has 0 bridgehead atoms. The summed E-state index contributed by atoms with van der Waals surface area (Å²) < 4.78 is 13.3. The number of fused-ring (bicyclic) bond motifs is 1. The molecule has 9 heteroatoms. The number of allylic oxidation sites excluding steroid dienone is 1. The van der Waals surface area contributed by atoms with Crippen molar-refractivity contribution < 1.29 is 14.3 Å². The molecule has 0 spiro atoms. The highest BCUT2D eigenvalue weighted by Crippen LogP contribution is 2.37. The highest BCUT2D eigenvalue weighted by atomic mass is 32.2. The number of thioether (sulfide) groups is 1. The number of amides is 1. The maximum atomic E-state index is 13.7. The SMILES string of the molecule is CCOc1ccccc1NC(=O)C1=C(C)Nc2nc(SCC)nn2C1c1ccc(OC(C)C)cc1. The number of para-hydroxylation sites is 2. The zero-order chi connectivity index (χ0) is 24.9. The van der Waals surface area contributed by atoms with Crippen molar-refractivity contribution in [2.24, 2.45) is 0 Å². The molecule has 8 nitrogen and oxygen atoms in total. The van der Waals surface area contributed by atoms with Crippen LogP contribution in [0.2, 0.25) is 0 Å². The molecule has 0 saturated heterocycles. The van der Waals surface area contributed by atoms with E-state index in [0.717, 1.165) is 22.8 Å². The zero-order valence-corrected chi connectivity index (χ0v) is 21.5. The van der Waals surface area contributed by atoms with Gasteiger partial charge in [0, 0.05) is 5.70 Å². The average molecular weight is 494 g/mol. The van der Waals surface area contributed by atoms with Gasteiger partial charge >= 0.3 is 0 Å². The monoisotopic (exact) mass is 493 g/mol. The van der Waals surface area contributed by atoms with Gasteiger partial charge in [-0.1, -0.05) is 43.0 Å². The van der Waals surface area contributed by atoms with Gasteiger partial charge in [0.05, 0.1) is 24.0 Å². The quantitative estimate of drug-likeness (QED) is 0.380. The van der Waals surface area contributed by atoms with Gasteiger partial charge in [0.25, 0.3) is 5.91 Å². The molecule has 35 heavy (non-hydrogen) atoms. The number of hydrogen-bond acceptors (Lipinski definition) is 7. The van der Waals surface area contributed by atoms with E-state index in [9.17, 15) is 4.79 Å². The second kappa shape index (κ2) is 10.9. The number of nitrogens with one attached hydrogen (secondary N) is 2. The largest absolute Gasteiger partial charge is 0.492 e. The van der Waals surface area contributed by atoms with Crippen LogP contribution in [0, 0.1) is 0 Å². The summed E-state index contributed by atoms with van der Waals surface area (Å²) in [7, 11) is 0. The molecular formula is C26H31N5O3S. The summed E-state index contributed by atoms with van der Waals surface area (Å²) in [5, 5.41) is 11.7. The Balaban J connectivity index is 1.74. The third kappa shape index (κ3) is 5.45. The van der Waals surface area contributed by atoms with E-state index >= 15 is 0 Å². The molecule has 1 aliphatic rings. The summed E-state index contributed by atoms with van der Waals surface area (Å²) in [5.74, 6) is 2.62. The van der Waals surface area contributed by atoms with E-state index in [1.54, 1.807) is 16.4 Å². The van der Waals surface area contributed by atoms with E-state index in [4.69, 9.17) is 14.6 Å². The lowest BCUT2D eigenvalue weighted by Crippen LogP contribution is -2.31. The third-order valence-corrected chi connectivity index (χ3v) is 6.07. The number of aromatic nitrogens is 3. The predicted octanol–water partition coefficient (Wildman–Crippen LogP) is 5.50. The Bertz CT molecular complexity index is 1220. The highest BCUT2D eigenvalue weighted by molar-refractivity contribution is 7.99. The molecule has 3 aromatic rings. The van der Waals surface area contributed by atoms with Crippen LogP contribution in [-0.4, -0.2) is 39.1 Å². The standard InChI is InChI=1S/C26H31N5O3S/c1-6-33-21-11-9-8-10-20(21)28-24(32)22-17(5)27-25-29-26(35-7-2)30-31(25)23(22)18-12-14-19(15-13-18)34-16(3)4/h8-16,23H,6-7H2,1-5H3,(H,28,32)(H,27,29,30). The molecule has 0 radical (unpaired) electrons. The Morgan fingerprint density at radius 3 is 2.60 bits per heavy atom. The fourth-order valence-corrected chi connectivity index (χ4v) is 4.52. The van der Waals surface area contributed by atoms with E-state index in [1.807, 2.05) is 76.2 Å². The van der Waals surface area contributed by atoms with Crippen molar-refractivity contribution in [1.82, 2.24) is 14.8 Å². The van der Waals surface area contributed by atoms with Crippen LogP contribution in [0.15, 0.2) is 65.0 Å². The van der Waals surface area contributed by atoms with Crippen LogP contribution in [0.5, 0.6) is 11.5 Å². The Hall–Kier alpha value is -3.46. The number of ether oxygens (including phenoxy) is 2. The van der Waals surface area contributed by atoms with Gasteiger partial charge in [0.15, 0.2) is 0 Å². The van der Waals surface area contributed by atoms with Crippen molar-refractivity contribution >= 4 is 29.3 Å². The molecule has 1 aliphatic heterocycles. The summed E-state index contributed by atoms with van der Waals surface area (Å²) >= 11 is 1.56. The number of carbonyl (C=O) groups excluding carboxylic acids is 1. The van der Waals surface area contributed by atoms with Crippen molar-refractivity contribution in [2.75, 3.05) is 23.0 Å². The second-order valence-electron chi connectivity index (χ2n) is 8.28. The third-order valence-electron chi connectivity index (χ3n) is 5.35. The van der Waals surface area contributed by atoms with Gasteiger partial charge in [-0.15, -0.1) is 5.10 Å². The summed E-state index contributed by atoms with van der Waals surface area (Å²) in [4.78, 5) is 18.3. The van der Waals surface area contributed by atoms with Gasteiger partial charge in [0.1, 0.15) is 17.5 Å². The van der Waals surface area contributed by atoms with Crippen LogP contribution >= 0.6 is 11.8 Å². The minimum Gasteiger partial charge on any atom is -0.492 e. The van der Waals surface area contributed by atoms with Crippen LogP contribution in [0.25, 0.3) is 0 Å². The van der Waals surface area contributed by atoms with Crippen LogP contribution in [-0.2, 0) is 4.79 Å². The number of rotatable bonds is 9. The van der Waals surface area contributed by atoms with Crippen LogP contribution in [0.1, 0.15) is 46.2 Å². The Kier molecular flexibility index (Phi) is 7.65. The molecule has 4 rings (SSSR count). The van der Waals surface area contributed by atoms with E-state index in [1.165, 1.54) is 0 Å². The van der Waals surface area contributed by atoms with Crippen molar-refractivity contribution in [3.05, 3.63) is 65.4 Å². The van der Waals surface area contributed by atoms with Crippen LogP contribution in [0.4, 0.5) is 11.6 Å². The number of benzene rings is 2. The summed E-state index contributed by atoms with van der Waals surface area (Å²) in [6.45, 7) is 10.3. The predicted molar refractivity (Wildman–Crippen MR) is 139 cm³/mol. The van der Waals surface area contributed by atoms with Gasteiger partial charge in [-0.2, -0.15) is 4.98 Å². The normalized spacial score (nSPS) is 15.0. The Labute approximate surface area is 210 Å².